The molecule has 3 heterocycles. The van der Waals surface area contributed by atoms with Crippen molar-refractivity contribution >= 4 is 5.82 Å². The maximum atomic E-state index is 9.06. The highest BCUT2D eigenvalue weighted by atomic mass is 15.2. The number of rotatable bonds is 2. The molecule has 3 rings (SSSR count). The van der Waals surface area contributed by atoms with E-state index in [2.05, 4.69) is 25.9 Å². The molecule has 2 aromatic rings. The van der Waals surface area contributed by atoms with E-state index >= 15 is 0 Å². The van der Waals surface area contributed by atoms with Gasteiger partial charge in [0.2, 0.25) is 0 Å². The van der Waals surface area contributed by atoms with Gasteiger partial charge in [-0.25, -0.2) is 9.97 Å². The molecule has 0 radical (unpaired) electrons. The van der Waals surface area contributed by atoms with Crippen LogP contribution in [0.5, 0.6) is 0 Å². The van der Waals surface area contributed by atoms with Crippen molar-refractivity contribution in [1.82, 2.24) is 15.0 Å². The summed E-state index contributed by atoms with van der Waals surface area (Å²) in [6.45, 7) is 2.02. The van der Waals surface area contributed by atoms with Crippen molar-refractivity contribution in [3.05, 3.63) is 30.2 Å². The van der Waals surface area contributed by atoms with Gasteiger partial charge < -0.3 is 9.88 Å². The molecule has 0 atom stereocenters. The summed E-state index contributed by atoms with van der Waals surface area (Å²) in [7, 11) is 0. The van der Waals surface area contributed by atoms with Crippen LogP contribution in [0.1, 0.15) is 18.5 Å². The lowest BCUT2D eigenvalue weighted by Crippen LogP contribution is -2.19. The molecule has 1 aliphatic heterocycles. The highest BCUT2D eigenvalue weighted by Crippen LogP contribution is 2.22. The summed E-state index contributed by atoms with van der Waals surface area (Å²) in [6, 6.07) is 5.78. The molecule has 1 aliphatic rings. The number of hydrogen-bond donors (Lipinski definition) is 1. The monoisotopic (exact) mass is 239 g/mol. The van der Waals surface area contributed by atoms with Crippen LogP contribution >= 0.6 is 0 Å². The Bertz CT molecular complexity index is 576. The van der Waals surface area contributed by atoms with Crippen LogP contribution in [0.3, 0.4) is 0 Å². The standard InChI is InChI=1S/C13H13N5/c14-8-11-7-12(18-5-1-2-6-18)17-13(16-11)10-3-4-15-9-10/h3-4,7,9,15H,1-2,5-6H2. The summed E-state index contributed by atoms with van der Waals surface area (Å²) >= 11 is 0. The van der Waals surface area contributed by atoms with Gasteiger partial charge in [-0.2, -0.15) is 5.26 Å². The molecule has 0 spiro atoms. The molecule has 1 fully saturated rings. The van der Waals surface area contributed by atoms with Crippen molar-refractivity contribution in [2.24, 2.45) is 0 Å². The number of aromatic nitrogens is 3. The second-order valence-corrected chi connectivity index (χ2v) is 4.34. The first-order chi connectivity index (χ1) is 8.86. The molecule has 0 amide bonds. The lowest BCUT2D eigenvalue weighted by atomic mass is 10.3. The van der Waals surface area contributed by atoms with Gasteiger partial charge in [-0.05, 0) is 18.9 Å². The molecule has 5 nitrogen and oxygen atoms in total. The largest absolute Gasteiger partial charge is 0.367 e. The minimum absolute atomic E-state index is 0.420. The molecule has 0 unspecified atom stereocenters. The average molecular weight is 239 g/mol. The molecule has 1 N–H and O–H groups in total. The van der Waals surface area contributed by atoms with Crippen LogP contribution in [0.2, 0.25) is 0 Å². The SMILES string of the molecule is N#Cc1cc(N2CCCC2)nc(-c2cc[nH]c2)n1. The van der Waals surface area contributed by atoms with E-state index in [1.807, 2.05) is 18.5 Å². The Morgan fingerprint density at radius 2 is 2.11 bits per heavy atom. The first-order valence-electron chi connectivity index (χ1n) is 6.04. The normalized spacial score (nSPS) is 14.7. The zero-order valence-corrected chi connectivity index (χ0v) is 9.93. The van der Waals surface area contributed by atoms with Crippen molar-refractivity contribution in [2.75, 3.05) is 18.0 Å². The Kier molecular flexibility index (Phi) is 2.69. The van der Waals surface area contributed by atoms with Crippen molar-refractivity contribution in [2.45, 2.75) is 12.8 Å². The van der Waals surface area contributed by atoms with Gasteiger partial charge in [0, 0.05) is 37.1 Å². The number of nitrogens with zero attached hydrogens (tertiary/aromatic N) is 4. The van der Waals surface area contributed by atoms with Crippen LogP contribution < -0.4 is 4.90 Å². The van der Waals surface area contributed by atoms with Gasteiger partial charge in [0.1, 0.15) is 17.6 Å². The third-order valence-corrected chi connectivity index (χ3v) is 3.11. The highest BCUT2D eigenvalue weighted by molar-refractivity contribution is 5.58. The molecular formula is C13H13N5. The molecule has 0 aromatic carbocycles. The third kappa shape index (κ3) is 1.93. The quantitative estimate of drug-likeness (QED) is 0.869. The fraction of sp³-hybridized carbons (Fsp3) is 0.308. The third-order valence-electron chi connectivity index (χ3n) is 3.11. The fourth-order valence-electron chi connectivity index (χ4n) is 2.19. The van der Waals surface area contributed by atoms with Gasteiger partial charge >= 0.3 is 0 Å². The van der Waals surface area contributed by atoms with Gasteiger partial charge in [-0.15, -0.1) is 0 Å². The Morgan fingerprint density at radius 1 is 1.28 bits per heavy atom. The average Bonchev–Trinajstić information content (AvgIpc) is 3.10. The van der Waals surface area contributed by atoms with Crippen LogP contribution in [0.25, 0.3) is 11.4 Å². The topological polar surface area (TPSA) is 68.6 Å². The van der Waals surface area contributed by atoms with E-state index in [1.54, 1.807) is 6.07 Å². The van der Waals surface area contributed by atoms with E-state index in [0.717, 1.165) is 24.5 Å². The number of anilines is 1. The molecule has 0 saturated carbocycles. The minimum atomic E-state index is 0.420. The zero-order valence-electron chi connectivity index (χ0n) is 9.93. The van der Waals surface area contributed by atoms with Crippen molar-refractivity contribution < 1.29 is 0 Å². The zero-order chi connectivity index (χ0) is 12.4. The van der Waals surface area contributed by atoms with Gasteiger partial charge in [-0.3, -0.25) is 0 Å². The van der Waals surface area contributed by atoms with Crippen molar-refractivity contribution in [3.63, 3.8) is 0 Å². The maximum Gasteiger partial charge on any atom is 0.164 e. The van der Waals surface area contributed by atoms with Crippen LogP contribution in [0, 0.1) is 11.3 Å². The van der Waals surface area contributed by atoms with E-state index in [-0.39, 0.29) is 0 Å². The summed E-state index contributed by atoms with van der Waals surface area (Å²) in [5, 5.41) is 9.06. The highest BCUT2D eigenvalue weighted by Gasteiger charge is 2.16. The van der Waals surface area contributed by atoms with E-state index in [9.17, 15) is 0 Å². The van der Waals surface area contributed by atoms with E-state index in [0.29, 0.717) is 11.5 Å². The number of H-pyrrole nitrogens is 1. The first kappa shape index (κ1) is 10.8. The van der Waals surface area contributed by atoms with Crippen molar-refractivity contribution in [1.29, 1.82) is 5.26 Å². The first-order valence-corrected chi connectivity index (χ1v) is 6.04. The summed E-state index contributed by atoms with van der Waals surface area (Å²) in [6.07, 6.45) is 6.04. The molecule has 2 aromatic heterocycles. The van der Waals surface area contributed by atoms with Crippen LogP contribution in [-0.4, -0.2) is 28.0 Å². The van der Waals surface area contributed by atoms with E-state index < -0.39 is 0 Å². The lowest BCUT2D eigenvalue weighted by Gasteiger charge is -2.16. The predicted octanol–water partition coefficient (Wildman–Crippen LogP) is 1.94. The van der Waals surface area contributed by atoms with Gasteiger partial charge in [0.25, 0.3) is 0 Å². The molecule has 90 valence electrons. The van der Waals surface area contributed by atoms with Crippen LogP contribution in [0.15, 0.2) is 24.5 Å². The molecule has 0 bridgehead atoms. The Morgan fingerprint density at radius 3 is 2.78 bits per heavy atom. The Balaban J connectivity index is 2.04. The smallest absolute Gasteiger partial charge is 0.164 e. The van der Waals surface area contributed by atoms with Crippen molar-refractivity contribution in [3.8, 4) is 17.5 Å². The Labute approximate surface area is 105 Å². The summed E-state index contributed by atoms with van der Waals surface area (Å²) in [5.41, 5.74) is 1.33. The number of aromatic amines is 1. The second kappa shape index (κ2) is 4.49. The van der Waals surface area contributed by atoms with Crippen LogP contribution in [0.4, 0.5) is 5.82 Å². The maximum absolute atomic E-state index is 9.06. The summed E-state index contributed by atoms with van der Waals surface area (Å²) < 4.78 is 0. The van der Waals surface area contributed by atoms with E-state index in [1.165, 1.54) is 12.8 Å². The number of nitrogens with one attached hydrogen (secondary N) is 1. The molecule has 1 saturated heterocycles. The minimum Gasteiger partial charge on any atom is -0.367 e. The van der Waals surface area contributed by atoms with E-state index in [4.69, 9.17) is 5.26 Å². The van der Waals surface area contributed by atoms with Gasteiger partial charge in [0.05, 0.1) is 0 Å². The second-order valence-electron chi connectivity index (χ2n) is 4.34. The number of nitriles is 1. The molecular weight excluding hydrogens is 226 g/mol. The molecule has 5 heteroatoms. The Hall–Kier alpha value is -2.35. The lowest BCUT2D eigenvalue weighted by molar-refractivity contribution is 0.927. The van der Waals surface area contributed by atoms with Gasteiger partial charge in [0.15, 0.2) is 5.82 Å². The van der Waals surface area contributed by atoms with Crippen LogP contribution in [-0.2, 0) is 0 Å². The molecule has 18 heavy (non-hydrogen) atoms. The van der Waals surface area contributed by atoms with Gasteiger partial charge in [-0.1, -0.05) is 0 Å². The fourth-order valence-corrected chi connectivity index (χ4v) is 2.19. The molecule has 0 aliphatic carbocycles. The summed E-state index contributed by atoms with van der Waals surface area (Å²) in [5.74, 6) is 1.47. The predicted molar refractivity (Wildman–Crippen MR) is 68.0 cm³/mol. The summed E-state index contributed by atoms with van der Waals surface area (Å²) in [4.78, 5) is 14.0. The number of hydrogen-bond acceptors (Lipinski definition) is 4.